The summed E-state index contributed by atoms with van der Waals surface area (Å²) in [5, 5.41) is 4.72. The van der Waals surface area contributed by atoms with Crippen molar-refractivity contribution in [2.24, 2.45) is 5.73 Å². The van der Waals surface area contributed by atoms with Crippen molar-refractivity contribution in [3.63, 3.8) is 0 Å². The van der Waals surface area contributed by atoms with Gasteiger partial charge in [0.1, 0.15) is 17.0 Å². The molecule has 1 unspecified atom stereocenters. The van der Waals surface area contributed by atoms with Crippen LogP contribution in [0.3, 0.4) is 0 Å². The summed E-state index contributed by atoms with van der Waals surface area (Å²) in [4.78, 5) is 23.8. The minimum absolute atomic E-state index is 0.0659. The van der Waals surface area contributed by atoms with Crippen LogP contribution in [0.4, 0.5) is 0 Å². The Kier molecular flexibility index (Phi) is 5.30. The molecule has 1 aromatic carbocycles. The Hall–Kier alpha value is -3.20. The molecule has 9 nitrogen and oxygen atoms in total. The molecule has 0 saturated carbocycles. The smallest absolute Gasteiger partial charge is 0.257 e. The molecule has 0 aliphatic carbocycles. The standard InChI is InChI=1S/C20H24N6O3/c1-28-14-3-4-15(16(11-14)29-2)20(27)25-9-5-13(12-25)17-18-19(23-8-7-22-18)26(24-17)10-6-21/h3-4,7-8,11,13H,5-6,9-10,12,21H2,1-2H3. The van der Waals surface area contributed by atoms with Crippen LogP contribution in [0.15, 0.2) is 30.6 Å². The number of hydrogen-bond donors (Lipinski definition) is 1. The highest BCUT2D eigenvalue weighted by atomic mass is 16.5. The van der Waals surface area contributed by atoms with Gasteiger partial charge in [0.15, 0.2) is 5.65 Å². The van der Waals surface area contributed by atoms with Crippen LogP contribution >= 0.6 is 0 Å². The van der Waals surface area contributed by atoms with Gasteiger partial charge in [-0.15, -0.1) is 0 Å². The van der Waals surface area contributed by atoms with E-state index in [1.165, 1.54) is 0 Å². The molecule has 0 spiro atoms. The number of hydrogen-bond acceptors (Lipinski definition) is 7. The topological polar surface area (TPSA) is 108 Å². The van der Waals surface area contributed by atoms with Crippen molar-refractivity contribution in [1.82, 2.24) is 24.6 Å². The van der Waals surface area contributed by atoms with Crippen molar-refractivity contribution < 1.29 is 14.3 Å². The van der Waals surface area contributed by atoms with Crippen LogP contribution in [0.25, 0.3) is 11.2 Å². The zero-order chi connectivity index (χ0) is 20.4. The van der Waals surface area contributed by atoms with Gasteiger partial charge < -0.3 is 20.1 Å². The van der Waals surface area contributed by atoms with Crippen LogP contribution in [0.2, 0.25) is 0 Å². The summed E-state index contributed by atoms with van der Waals surface area (Å²) in [5.41, 5.74) is 8.61. The van der Waals surface area contributed by atoms with E-state index in [4.69, 9.17) is 20.3 Å². The number of methoxy groups -OCH3 is 2. The number of nitrogens with two attached hydrogens (primary N) is 1. The van der Waals surface area contributed by atoms with E-state index in [1.807, 2.05) is 4.90 Å². The van der Waals surface area contributed by atoms with E-state index < -0.39 is 0 Å². The lowest BCUT2D eigenvalue weighted by Gasteiger charge is -2.18. The largest absolute Gasteiger partial charge is 0.497 e. The molecule has 1 amide bonds. The van der Waals surface area contributed by atoms with E-state index in [2.05, 4.69) is 9.97 Å². The summed E-state index contributed by atoms with van der Waals surface area (Å²) in [7, 11) is 3.13. The second-order valence-corrected chi connectivity index (χ2v) is 6.93. The lowest BCUT2D eigenvalue weighted by Crippen LogP contribution is -2.29. The second-order valence-electron chi connectivity index (χ2n) is 6.93. The Balaban J connectivity index is 1.59. The van der Waals surface area contributed by atoms with Gasteiger partial charge in [0.2, 0.25) is 0 Å². The zero-order valence-corrected chi connectivity index (χ0v) is 16.5. The van der Waals surface area contributed by atoms with E-state index in [1.54, 1.807) is 49.5 Å². The maximum Gasteiger partial charge on any atom is 0.257 e. The fourth-order valence-corrected chi connectivity index (χ4v) is 3.79. The third-order valence-corrected chi connectivity index (χ3v) is 5.24. The molecule has 1 fully saturated rings. The molecule has 0 bridgehead atoms. The minimum Gasteiger partial charge on any atom is -0.497 e. The monoisotopic (exact) mass is 396 g/mol. The summed E-state index contributed by atoms with van der Waals surface area (Å²) in [6.07, 6.45) is 4.14. The summed E-state index contributed by atoms with van der Waals surface area (Å²) in [6, 6.07) is 5.23. The SMILES string of the molecule is COc1ccc(C(=O)N2CCC(c3nn(CCN)c4nccnc34)C2)c(OC)c1. The number of aromatic nitrogens is 4. The molecule has 1 saturated heterocycles. The van der Waals surface area contributed by atoms with Crippen LogP contribution in [-0.4, -0.2) is 64.4 Å². The zero-order valence-electron chi connectivity index (χ0n) is 16.5. The van der Waals surface area contributed by atoms with Crippen LogP contribution in [0, 0.1) is 0 Å². The molecular formula is C20H24N6O3. The molecule has 1 aliphatic heterocycles. The minimum atomic E-state index is -0.0659. The number of amides is 1. The van der Waals surface area contributed by atoms with Crippen molar-refractivity contribution >= 4 is 17.1 Å². The van der Waals surface area contributed by atoms with Gasteiger partial charge in [0.05, 0.1) is 32.0 Å². The first-order valence-electron chi connectivity index (χ1n) is 9.55. The fraction of sp³-hybridized carbons (Fsp3) is 0.400. The van der Waals surface area contributed by atoms with E-state index in [9.17, 15) is 4.79 Å². The molecule has 152 valence electrons. The highest BCUT2D eigenvalue weighted by Crippen LogP contribution is 2.33. The maximum absolute atomic E-state index is 13.1. The predicted octanol–water partition coefficient (Wildman–Crippen LogP) is 1.43. The molecule has 29 heavy (non-hydrogen) atoms. The molecule has 1 aliphatic rings. The normalized spacial score (nSPS) is 16.4. The molecule has 3 heterocycles. The molecular weight excluding hydrogens is 372 g/mol. The first-order chi connectivity index (χ1) is 14.2. The molecule has 2 N–H and O–H groups in total. The van der Waals surface area contributed by atoms with Crippen molar-refractivity contribution in [1.29, 1.82) is 0 Å². The van der Waals surface area contributed by atoms with Crippen molar-refractivity contribution in [2.75, 3.05) is 33.9 Å². The number of nitrogens with zero attached hydrogens (tertiary/aromatic N) is 5. The molecule has 4 rings (SSSR count). The predicted molar refractivity (Wildman–Crippen MR) is 107 cm³/mol. The van der Waals surface area contributed by atoms with Gasteiger partial charge in [-0.25, -0.2) is 14.6 Å². The lowest BCUT2D eigenvalue weighted by molar-refractivity contribution is 0.0787. The number of carbonyl (C=O) groups is 1. The van der Waals surface area contributed by atoms with Crippen LogP contribution in [0.5, 0.6) is 11.5 Å². The van der Waals surface area contributed by atoms with Gasteiger partial charge in [0.25, 0.3) is 5.91 Å². The summed E-state index contributed by atoms with van der Waals surface area (Å²) in [6.45, 7) is 2.26. The van der Waals surface area contributed by atoms with E-state index in [0.29, 0.717) is 43.2 Å². The van der Waals surface area contributed by atoms with Gasteiger partial charge in [0, 0.05) is 44.0 Å². The Labute approximate surface area is 168 Å². The quantitative estimate of drug-likeness (QED) is 0.671. The summed E-state index contributed by atoms with van der Waals surface area (Å²) in [5.74, 6) is 1.18. The highest BCUT2D eigenvalue weighted by molar-refractivity contribution is 5.97. The Morgan fingerprint density at radius 1 is 1.24 bits per heavy atom. The molecule has 2 aromatic heterocycles. The van der Waals surface area contributed by atoms with Gasteiger partial charge >= 0.3 is 0 Å². The van der Waals surface area contributed by atoms with E-state index >= 15 is 0 Å². The summed E-state index contributed by atoms with van der Waals surface area (Å²) < 4.78 is 12.4. The molecule has 9 heteroatoms. The Bertz CT molecular complexity index is 1030. The number of benzene rings is 1. The fourth-order valence-electron chi connectivity index (χ4n) is 3.79. The highest BCUT2D eigenvalue weighted by Gasteiger charge is 2.32. The Morgan fingerprint density at radius 2 is 2.07 bits per heavy atom. The maximum atomic E-state index is 13.1. The van der Waals surface area contributed by atoms with Gasteiger partial charge in [-0.1, -0.05) is 0 Å². The molecule has 3 aromatic rings. The second kappa shape index (κ2) is 8.04. The average molecular weight is 396 g/mol. The van der Waals surface area contributed by atoms with Crippen molar-refractivity contribution in [2.45, 2.75) is 18.9 Å². The van der Waals surface area contributed by atoms with Crippen LogP contribution in [0.1, 0.15) is 28.4 Å². The summed E-state index contributed by atoms with van der Waals surface area (Å²) >= 11 is 0. The van der Waals surface area contributed by atoms with E-state index in [-0.39, 0.29) is 11.8 Å². The number of carbonyl (C=O) groups excluding carboxylic acids is 1. The first-order valence-corrected chi connectivity index (χ1v) is 9.55. The van der Waals surface area contributed by atoms with Crippen LogP contribution in [-0.2, 0) is 6.54 Å². The van der Waals surface area contributed by atoms with Crippen molar-refractivity contribution in [3.8, 4) is 11.5 Å². The van der Waals surface area contributed by atoms with Crippen LogP contribution < -0.4 is 15.2 Å². The van der Waals surface area contributed by atoms with Gasteiger partial charge in [-0.2, -0.15) is 5.10 Å². The lowest BCUT2D eigenvalue weighted by atomic mass is 10.0. The third-order valence-electron chi connectivity index (χ3n) is 5.24. The number of ether oxygens (including phenoxy) is 2. The number of likely N-dealkylation sites (tertiary alicyclic amines) is 1. The number of rotatable bonds is 6. The van der Waals surface area contributed by atoms with Crippen molar-refractivity contribution in [3.05, 3.63) is 41.9 Å². The third kappa shape index (κ3) is 3.49. The van der Waals surface area contributed by atoms with Gasteiger partial charge in [-0.3, -0.25) is 4.79 Å². The molecule has 1 atom stereocenters. The molecule has 0 radical (unpaired) electrons. The number of fused-ring (bicyclic) bond motifs is 1. The van der Waals surface area contributed by atoms with E-state index in [0.717, 1.165) is 23.3 Å². The first kappa shape index (κ1) is 19.1. The average Bonchev–Trinajstić information content (AvgIpc) is 3.38. The van der Waals surface area contributed by atoms with Gasteiger partial charge in [-0.05, 0) is 18.6 Å². The Morgan fingerprint density at radius 3 is 2.83 bits per heavy atom.